The van der Waals surface area contributed by atoms with Crippen LogP contribution in [0.25, 0.3) is 10.7 Å². The van der Waals surface area contributed by atoms with E-state index in [1.807, 2.05) is 35.0 Å². The highest BCUT2D eigenvalue weighted by atomic mass is 35.5. The minimum Gasteiger partial charge on any atom is -0.300 e. The van der Waals surface area contributed by atoms with Gasteiger partial charge in [-0.05, 0) is 55.3 Å². The molecule has 0 atom stereocenters. The van der Waals surface area contributed by atoms with E-state index in [-0.39, 0.29) is 0 Å². The molecule has 126 valence electrons. The molecule has 0 N–H and O–H groups in total. The highest BCUT2D eigenvalue weighted by Gasteiger charge is 2.13. The summed E-state index contributed by atoms with van der Waals surface area (Å²) in [5.74, 6) is 0.942. The second-order valence-corrected chi connectivity index (χ2v) is 7.36. The number of nitrogens with zero attached hydrogens (tertiary/aromatic N) is 4. The molecule has 0 radical (unpaired) electrons. The van der Waals surface area contributed by atoms with Gasteiger partial charge >= 0.3 is 0 Å². The van der Waals surface area contributed by atoms with Crippen molar-refractivity contribution in [3.05, 3.63) is 57.1 Å². The largest absolute Gasteiger partial charge is 0.300 e. The molecule has 0 aliphatic carbocycles. The van der Waals surface area contributed by atoms with Gasteiger partial charge in [-0.25, -0.2) is 4.68 Å². The first-order chi connectivity index (χ1) is 11.6. The molecule has 0 spiro atoms. The Balaban J connectivity index is 1.79. The van der Waals surface area contributed by atoms with E-state index in [1.54, 1.807) is 11.3 Å². The van der Waals surface area contributed by atoms with Gasteiger partial charge in [0.1, 0.15) is 0 Å². The molecule has 0 saturated heterocycles. The SMILES string of the molecule is CCn1c(-c2cccs2)nn(CN(C)Cc2ccc(Cl)cc2)c1=S. The van der Waals surface area contributed by atoms with Crippen molar-refractivity contribution in [2.75, 3.05) is 7.05 Å². The molecule has 3 aromatic rings. The third-order valence-electron chi connectivity index (χ3n) is 3.72. The van der Waals surface area contributed by atoms with E-state index in [1.165, 1.54) is 5.56 Å². The monoisotopic (exact) mass is 378 g/mol. The fraction of sp³-hybridized carbons (Fsp3) is 0.294. The lowest BCUT2D eigenvalue weighted by Gasteiger charge is -2.16. The number of aromatic nitrogens is 3. The van der Waals surface area contributed by atoms with E-state index in [2.05, 4.69) is 34.9 Å². The molecule has 3 rings (SSSR count). The average Bonchev–Trinajstić information content (AvgIpc) is 3.18. The Morgan fingerprint density at radius 2 is 2.00 bits per heavy atom. The van der Waals surface area contributed by atoms with Crippen LogP contribution in [0.4, 0.5) is 0 Å². The zero-order chi connectivity index (χ0) is 17.1. The van der Waals surface area contributed by atoms with Crippen LogP contribution >= 0.6 is 35.2 Å². The number of hydrogen-bond donors (Lipinski definition) is 0. The van der Waals surface area contributed by atoms with Crippen LogP contribution in [-0.2, 0) is 19.8 Å². The van der Waals surface area contributed by atoms with E-state index in [4.69, 9.17) is 28.9 Å². The molecule has 0 amide bonds. The Bertz CT molecular complexity index is 850. The lowest BCUT2D eigenvalue weighted by Crippen LogP contribution is -2.22. The van der Waals surface area contributed by atoms with E-state index in [0.29, 0.717) is 6.67 Å². The highest BCUT2D eigenvalue weighted by molar-refractivity contribution is 7.71. The Morgan fingerprint density at radius 1 is 1.25 bits per heavy atom. The Morgan fingerprint density at radius 3 is 2.62 bits per heavy atom. The van der Waals surface area contributed by atoms with Gasteiger partial charge in [0, 0.05) is 18.1 Å². The molecule has 2 aromatic heterocycles. The van der Waals surface area contributed by atoms with Crippen molar-refractivity contribution < 1.29 is 0 Å². The van der Waals surface area contributed by atoms with Crippen molar-refractivity contribution >= 4 is 35.2 Å². The number of hydrogen-bond acceptors (Lipinski definition) is 4. The maximum Gasteiger partial charge on any atom is 0.199 e. The van der Waals surface area contributed by atoms with Crippen LogP contribution in [0.1, 0.15) is 12.5 Å². The quantitative estimate of drug-likeness (QED) is 0.570. The van der Waals surface area contributed by atoms with Crippen molar-refractivity contribution in [2.45, 2.75) is 26.7 Å². The maximum absolute atomic E-state index is 5.94. The fourth-order valence-electron chi connectivity index (χ4n) is 2.59. The summed E-state index contributed by atoms with van der Waals surface area (Å²) in [6, 6.07) is 12.0. The number of halogens is 1. The van der Waals surface area contributed by atoms with Gasteiger partial charge in [0.15, 0.2) is 10.6 Å². The van der Waals surface area contributed by atoms with Crippen LogP contribution in [-0.4, -0.2) is 26.3 Å². The maximum atomic E-state index is 5.94. The lowest BCUT2D eigenvalue weighted by molar-refractivity contribution is 0.244. The second kappa shape index (κ2) is 7.61. The molecule has 0 unspecified atom stereocenters. The molecule has 1 aromatic carbocycles. The first-order valence-electron chi connectivity index (χ1n) is 7.73. The first kappa shape index (κ1) is 17.4. The highest BCUT2D eigenvalue weighted by Crippen LogP contribution is 2.23. The second-order valence-electron chi connectivity index (χ2n) is 5.61. The summed E-state index contributed by atoms with van der Waals surface area (Å²) in [5, 5.41) is 7.56. The van der Waals surface area contributed by atoms with Gasteiger partial charge in [-0.2, -0.15) is 0 Å². The summed E-state index contributed by atoms with van der Waals surface area (Å²) in [5.41, 5.74) is 1.21. The predicted molar refractivity (Wildman–Crippen MR) is 103 cm³/mol. The van der Waals surface area contributed by atoms with Crippen LogP contribution < -0.4 is 0 Å². The molecule has 0 bridgehead atoms. The van der Waals surface area contributed by atoms with Gasteiger partial charge in [-0.3, -0.25) is 9.47 Å². The summed E-state index contributed by atoms with van der Waals surface area (Å²) >= 11 is 13.2. The molecule has 0 fully saturated rings. The molecule has 7 heteroatoms. The lowest BCUT2D eigenvalue weighted by atomic mass is 10.2. The van der Waals surface area contributed by atoms with Gasteiger partial charge in [0.05, 0.1) is 11.5 Å². The number of benzene rings is 1. The molecule has 0 aliphatic rings. The minimum atomic E-state index is 0.646. The number of rotatable bonds is 6. The van der Waals surface area contributed by atoms with Crippen molar-refractivity contribution in [3.8, 4) is 10.7 Å². The third kappa shape index (κ3) is 3.78. The Kier molecular flexibility index (Phi) is 5.50. The Labute approximate surface area is 155 Å². The number of thiophene rings is 1. The van der Waals surface area contributed by atoms with Crippen LogP contribution in [0.5, 0.6) is 0 Å². The molecule has 0 saturated carbocycles. The van der Waals surface area contributed by atoms with Crippen LogP contribution in [0, 0.1) is 4.77 Å². The van der Waals surface area contributed by atoms with Crippen LogP contribution in [0.3, 0.4) is 0 Å². The third-order valence-corrected chi connectivity index (χ3v) is 5.27. The predicted octanol–water partition coefficient (Wildman–Crippen LogP) is 4.91. The van der Waals surface area contributed by atoms with Crippen molar-refractivity contribution in [2.24, 2.45) is 0 Å². The standard InChI is InChI=1S/C17H19ClN4S2/c1-3-21-16(15-5-4-10-24-15)19-22(17(21)23)12-20(2)11-13-6-8-14(18)9-7-13/h4-10H,3,11-12H2,1-2H3. The summed E-state index contributed by atoms with van der Waals surface area (Å²) in [4.78, 5) is 3.33. The van der Waals surface area contributed by atoms with E-state index in [0.717, 1.165) is 33.6 Å². The molecular weight excluding hydrogens is 360 g/mol. The van der Waals surface area contributed by atoms with Crippen molar-refractivity contribution in [1.29, 1.82) is 0 Å². The summed E-state index contributed by atoms with van der Waals surface area (Å²) in [7, 11) is 2.06. The normalized spacial score (nSPS) is 11.3. The molecule has 4 nitrogen and oxygen atoms in total. The molecular formula is C17H19ClN4S2. The molecule has 2 heterocycles. The molecule has 0 aliphatic heterocycles. The summed E-state index contributed by atoms with van der Waals surface area (Å²) in [6.07, 6.45) is 0. The topological polar surface area (TPSA) is 26.0 Å². The van der Waals surface area contributed by atoms with E-state index < -0.39 is 0 Å². The van der Waals surface area contributed by atoms with Gasteiger partial charge < -0.3 is 0 Å². The average molecular weight is 379 g/mol. The van der Waals surface area contributed by atoms with Crippen molar-refractivity contribution in [3.63, 3.8) is 0 Å². The minimum absolute atomic E-state index is 0.646. The van der Waals surface area contributed by atoms with Crippen molar-refractivity contribution in [1.82, 2.24) is 19.2 Å². The summed E-state index contributed by atoms with van der Waals surface area (Å²) in [6.45, 7) is 4.36. The first-order valence-corrected chi connectivity index (χ1v) is 9.39. The molecule has 24 heavy (non-hydrogen) atoms. The smallest absolute Gasteiger partial charge is 0.199 e. The van der Waals surface area contributed by atoms with Gasteiger partial charge in [-0.1, -0.05) is 29.8 Å². The van der Waals surface area contributed by atoms with Gasteiger partial charge in [-0.15, -0.1) is 16.4 Å². The van der Waals surface area contributed by atoms with Gasteiger partial charge in [0.2, 0.25) is 0 Å². The fourth-order valence-corrected chi connectivity index (χ4v) is 3.74. The zero-order valence-corrected chi connectivity index (χ0v) is 16.0. The summed E-state index contributed by atoms with van der Waals surface area (Å²) < 4.78 is 4.73. The Hall–Kier alpha value is -1.47. The van der Waals surface area contributed by atoms with Crippen LogP contribution in [0.2, 0.25) is 5.02 Å². The van der Waals surface area contributed by atoms with Crippen LogP contribution in [0.15, 0.2) is 41.8 Å². The van der Waals surface area contributed by atoms with E-state index >= 15 is 0 Å². The zero-order valence-electron chi connectivity index (χ0n) is 13.6. The van der Waals surface area contributed by atoms with E-state index in [9.17, 15) is 0 Å². The van der Waals surface area contributed by atoms with Gasteiger partial charge in [0.25, 0.3) is 0 Å².